The Bertz CT molecular complexity index is 1280. The van der Waals surface area contributed by atoms with Crippen molar-refractivity contribution in [2.45, 2.75) is 0 Å². The van der Waals surface area contributed by atoms with E-state index < -0.39 is 11.5 Å². The summed E-state index contributed by atoms with van der Waals surface area (Å²) in [6, 6.07) is 14.3. The van der Waals surface area contributed by atoms with Gasteiger partial charge in [-0.05, 0) is 40.3 Å². The number of hydrogen-bond acceptors (Lipinski definition) is 9. The minimum atomic E-state index is -0.577. The summed E-state index contributed by atoms with van der Waals surface area (Å²) < 4.78 is 16.1. The monoisotopic (exact) mass is 559 g/mol. The summed E-state index contributed by atoms with van der Waals surface area (Å²) >= 11 is 2.05. The lowest BCUT2D eigenvalue weighted by atomic mass is 10.1. The molecule has 0 atom stereocenters. The Labute approximate surface area is 202 Å². The Morgan fingerprint density at radius 1 is 1.30 bits per heavy atom. The van der Waals surface area contributed by atoms with Crippen molar-refractivity contribution >= 4 is 40.7 Å². The van der Waals surface area contributed by atoms with Gasteiger partial charge < -0.3 is 14.2 Å². The number of benzene rings is 2. The average molecular weight is 559 g/mol. The highest BCUT2D eigenvalue weighted by molar-refractivity contribution is 14.1. The molecule has 1 aromatic heterocycles. The summed E-state index contributed by atoms with van der Waals surface area (Å²) in [4.78, 5) is 30.5. The van der Waals surface area contributed by atoms with E-state index in [1.807, 2.05) is 12.1 Å². The van der Waals surface area contributed by atoms with Crippen LogP contribution in [0.15, 0.2) is 52.4 Å². The average Bonchev–Trinajstić information content (AvgIpc) is 2.83. The van der Waals surface area contributed by atoms with Crippen LogP contribution in [0, 0.1) is 14.9 Å². The smallest absolute Gasteiger partial charge is 0.343 e. The van der Waals surface area contributed by atoms with E-state index >= 15 is 0 Å². The number of ether oxygens (including phenoxy) is 3. The van der Waals surface area contributed by atoms with Crippen LogP contribution in [0.2, 0.25) is 0 Å². The summed E-state index contributed by atoms with van der Waals surface area (Å²) in [5, 5.41) is 13.5. The maximum Gasteiger partial charge on any atom is 0.343 e. The second-order valence-electron chi connectivity index (χ2n) is 6.38. The highest BCUT2D eigenvalue weighted by Gasteiger charge is 2.14. The van der Waals surface area contributed by atoms with Gasteiger partial charge in [0.25, 0.3) is 5.56 Å². The number of aromatic nitrogens is 2. The number of nitrogens with zero attached hydrogens (tertiary/aromatic N) is 3. The number of nitriles is 1. The molecule has 0 radical (unpaired) electrons. The molecule has 0 spiro atoms. The molecule has 0 aliphatic heterocycles. The summed E-state index contributed by atoms with van der Waals surface area (Å²) in [7, 11) is 2.76. The van der Waals surface area contributed by atoms with Crippen LogP contribution in [0.25, 0.3) is 11.3 Å². The van der Waals surface area contributed by atoms with Crippen molar-refractivity contribution < 1.29 is 19.0 Å². The largest absolute Gasteiger partial charge is 0.493 e. The minimum absolute atomic E-state index is 0.0776. The van der Waals surface area contributed by atoms with Gasteiger partial charge in [0.1, 0.15) is 11.6 Å². The van der Waals surface area contributed by atoms with Crippen molar-refractivity contribution in [3.05, 3.63) is 67.5 Å². The molecule has 0 bridgehead atoms. The zero-order valence-electron chi connectivity index (χ0n) is 17.6. The number of esters is 1. The van der Waals surface area contributed by atoms with Crippen molar-refractivity contribution in [1.82, 2.24) is 9.97 Å². The molecular formula is C22H18IN5O5. The Morgan fingerprint density at radius 2 is 2.06 bits per heavy atom. The van der Waals surface area contributed by atoms with Crippen LogP contribution in [-0.4, -0.2) is 43.0 Å². The van der Waals surface area contributed by atoms with Gasteiger partial charge in [0.15, 0.2) is 18.1 Å². The number of carbonyl (C=O) groups is 1. The van der Waals surface area contributed by atoms with Gasteiger partial charge >= 0.3 is 5.97 Å². The highest BCUT2D eigenvalue weighted by atomic mass is 127. The van der Waals surface area contributed by atoms with Crippen LogP contribution in [0.4, 0.5) is 5.95 Å². The van der Waals surface area contributed by atoms with Crippen molar-refractivity contribution in [2.24, 2.45) is 5.10 Å². The second-order valence-corrected chi connectivity index (χ2v) is 7.55. The minimum Gasteiger partial charge on any atom is -0.493 e. The van der Waals surface area contributed by atoms with Gasteiger partial charge in [0.05, 0.1) is 29.7 Å². The first-order valence-corrected chi connectivity index (χ1v) is 10.5. The topological polar surface area (TPSA) is 139 Å². The fourth-order valence-electron chi connectivity index (χ4n) is 2.75. The van der Waals surface area contributed by atoms with E-state index in [1.165, 1.54) is 20.4 Å². The number of hydrogen-bond donors (Lipinski definition) is 2. The van der Waals surface area contributed by atoms with Crippen molar-refractivity contribution in [3.63, 3.8) is 0 Å². The maximum atomic E-state index is 12.3. The predicted octanol–water partition coefficient (Wildman–Crippen LogP) is 2.92. The van der Waals surface area contributed by atoms with Gasteiger partial charge in [-0.3, -0.25) is 9.78 Å². The molecule has 0 unspecified atom stereocenters. The number of aromatic amines is 1. The van der Waals surface area contributed by atoms with Crippen LogP contribution in [0.3, 0.4) is 0 Å². The van der Waals surface area contributed by atoms with Crippen molar-refractivity contribution in [3.8, 4) is 28.8 Å². The Balaban J connectivity index is 1.83. The molecule has 0 saturated carbocycles. The first-order chi connectivity index (χ1) is 16.0. The van der Waals surface area contributed by atoms with E-state index in [1.54, 1.807) is 36.4 Å². The number of halogens is 1. The molecule has 2 aromatic carbocycles. The molecule has 0 aliphatic carbocycles. The third kappa shape index (κ3) is 5.86. The third-order valence-electron chi connectivity index (χ3n) is 4.28. The standard InChI is InChI=1S/C22H18IN5O5/c1-31-17-9-13(8-16(23)20(17)33-12-18(29)32-2)11-25-28-22-26-19(14-6-4-3-5-7-14)15(10-24)21(30)27-22/h3-9,11H,12H2,1-2H3,(H2,26,27,28,30). The lowest BCUT2D eigenvalue weighted by Gasteiger charge is -2.12. The summed E-state index contributed by atoms with van der Waals surface area (Å²) in [5.74, 6) is 0.373. The number of anilines is 1. The van der Waals surface area contributed by atoms with Gasteiger partial charge in [0.2, 0.25) is 5.95 Å². The van der Waals surface area contributed by atoms with Crippen LogP contribution in [-0.2, 0) is 9.53 Å². The lowest BCUT2D eigenvalue weighted by molar-refractivity contribution is -0.142. The number of nitrogens with one attached hydrogen (secondary N) is 2. The van der Waals surface area contributed by atoms with Crippen molar-refractivity contribution in [1.29, 1.82) is 5.26 Å². The molecule has 33 heavy (non-hydrogen) atoms. The van der Waals surface area contributed by atoms with Crippen LogP contribution in [0.1, 0.15) is 11.1 Å². The molecule has 0 fully saturated rings. The first-order valence-electron chi connectivity index (χ1n) is 9.43. The molecule has 0 saturated heterocycles. The molecular weight excluding hydrogens is 541 g/mol. The summed E-state index contributed by atoms with van der Waals surface area (Å²) in [6.07, 6.45) is 1.50. The van der Waals surface area contributed by atoms with Crippen molar-refractivity contribution in [2.75, 3.05) is 26.3 Å². The van der Waals surface area contributed by atoms with E-state index in [-0.39, 0.29) is 23.8 Å². The number of hydrazone groups is 1. The number of carbonyl (C=O) groups excluding carboxylic acids is 1. The second kappa shape index (κ2) is 11.1. The predicted molar refractivity (Wildman–Crippen MR) is 129 cm³/mol. The molecule has 2 N–H and O–H groups in total. The molecule has 1 heterocycles. The Kier molecular flexibility index (Phi) is 7.98. The van der Waals surface area contributed by atoms with E-state index in [4.69, 9.17) is 9.47 Å². The fourth-order valence-corrected chi connectivity index (χ4v) is 3.53. The molecule has 10 nitrogen and oxygen atoms in total. The van der Waals surface area contributed by atoms with E-state index in [0.717, 1.165) is 0 Å². The van der Waals surface area contributed by atoms with Gasteiger partial charge in [-0.25, -0.2) is 15.2 Å². The van der Waals surface area contributed by atoms with E-state index in [2.05, 4.69) is 47.8 Å². The van der Waals surface area contributed by atoms with Crippen LogP contribution >= 0.6 is 22.6 Å². The molecule has 0 aliphatic rings. The Morgan fingerprint density at radius 3 is 2.73 bits per heavy atom. The van der Waals surface area contributed by atoms with E-state index in [9.17, 15) is 14.9 Å². The quantitative estimate of drug-likeness (QED) is 0.186. The lowest BCUT2D eigenvalue weighted by Crippen LogP contribution is -2.16. The Hall–Kier alpha value is -3.92. The van der Waals surface area contributed by atoms with Gasteiger partial charge in [-0.1, -0.05) is 30.3 Å². The van der Waals surface area contributed by atoms with E-state index in [0.29, 0.717) is 26.2 Å². The highest BCUT2D eigenvalue weighted by Crippen LogP contribution is 2.33. The van der Waals surface area contributed by atoms with Crippen LogP contribution in [0.5, 0.6) is 11.5 Å². The zero-order valence-corrected chi connectivity index (χ0v) is 19.7. The molecule has 168 valence electrons. The van der Waals surface area contributed by atoms with Gasteiger partial charge in [-0.2, -0.15) is 10.4 Å². The molecule has 3 rings (SSSR count). The normalized spacial score (nSPS) is 10.5. The number of H-pyrrole nitrogens is 1. The summed E-state index contributed by atoms with van der Waals surface area (Å²) in [6.45, 7) is -0.251. The maximum absolute atomic E-state index is 12.3. The molecule has 0 amide bonds. The number of rotatable bonds is 8. The van der Waals surface area contributed by atoms with Gasteiger partial charge in [0, 0.05) is 5.56 Å². The number of methoxy groups -OCH3 is 2. The fraction of sp³-hybridized carbons (Fsp3) is 0.136. The third-order valence-corrected chi connectivity index (χ3v) is 5.08. The SMILES string of the molecule is COC(=O)COc1c(I)cc(C=NNc2nc(-c3ccccc3)c(C#N)c(=O)[nH]2)cc1OC. The zero-order chi connectivity index (χ0) is 23.8. The molecule has 11 heteroatoms. The summed E-state index contributed by atoms with van der Waals surface area (Å²) in [5.41, 5.74) is 3.56. The van der Waals surface area contributed by atoms with Gasteiger partial charge in [-0.15, -0.1) is 0 Å². The molecule has 3 aromatic rings. The first kappa shape index (κ1) is 23.7. The van der Waals surface area contributed by atoms with Crippen LogP contribution < -0.4 is 20.5 Å².